The average Bonchev–Trinajstić information content (AvgIpc) is 2.58. The molecule has 0 aromatic carbocycles. The largest absolute Gasteiger partial charge is 0.450 e. The zero-order chi connectivity index (χ0) is 17.9. The molecular weight excluding hydrogens is 310 g/mol. The summed E-state index contributed by atoms with van der Waals surface area (Å²) in [4.78, 5) is 27.4. The van der Waals surface area contributed by atoms with Crippen LogP contribution in [-0.4, -0.2) is 74.7 Å². The van der Waals surface area contributed by atoms with Gasteiger partial charge in [0.2, 0.25) is 0 Å². The van der Waals surface area contributed by atoms with Crippen molar-refractivity contribution >= 4 is 12.0 Å². The van der Waals surface area contributed by atoms with Crippen molar-refractivity contribution in [3.05, 3.63) is 11.8 Å². The van der Waals surface area contributed by atoms with Gasteiger partial charge < -0.3 is 25.2 Å². The number of ether oxygens (including phenoxy) is 1. The van der Waals surface area contributed by atoms with Crippen molar-refractivity contribution in [2.45, 2.75) is 25.8 Å². The molecule has 1 aliphatic rings. The van der Waals surface area contributed by atoms with Crippen LogP contribution in [0.2, 0.25) is 0 Å². The quantitative estimate of drug-likeness (QED) is 0.393. The number of alkyl carbamates (subject to hydrolysis) is 1. The molecule has 2 amide bonds. The minimum Gasteiger partial charge on any atom is -0.450 e. The summed E-state index contributed by atoms with van der Waals surface area (Å²) in [5.74, 6) is -0.280. The highest BCUT2D eigenvalue weighted by atomic mass is 16.5. The fourth-order valence-corrected chi connectivity index (χ4v) is 2.47. The van der Waals surface area contributed by atoms with Gasteiger partial charge in [0.1, 0.15) is 11.6 Å². The van der Waals surface area contributed by atoms with Gasteiger partial charge in [0.25, 0.3) is 5.91 Å². The van der Waals surface area contributed by atoms with Gasteiger partial charge in [-0.3, -0.25) is 4.79 Å². The molecule has 0 atom stereocenters. The van der Waals surface area contributed by atoms with Crippen LogP contribution in [0.25, 0.3) is 0 Å². The first-order valence-electron chi connectivity index (χ1n) is 8.19. The lowest BCUT2D eigenvalue weighted by atomic mass is 10.0. The number of likely N-dealkylation sites (tertiary alicyclic amines) is 1. The number of carbonyl (C=O) groups excluding carboxylic acids is 2. The third kappa shape index (κ3) is 6.46. The lowest BCUT2D eigenvalue weighted by Crippen LogP contribution is -2.45. The molecule has 8 heteroatoms. The molecule has 0 aromatic heterocycles. The second kappa shape index (κ2) is 10.5. The number of rotatable bonds is 7. The zero-order valence-electron chi connectivity index (χ0n) is 14.7. The molecule has 0 radical (unpaired) electrons. The Kier molecular flexibility index (Phi) is 8.65. The number of hydrogen-bond donors (Lipinski definition) is 2. The van der Waals surface area contributed by atoms with Gasteiger partial charge in [0.15, 0.2) is 0 Å². The maximum atomic E-state index is 12.4. The Hall–Kier alpha value is -2.27. The van der Waals surface area contributed by atoms with Gasteiger partial charge >= 0.3 is 6.09 Å². The van der Waals surface area contributed by atoms with Crippen LogP contribution in [0.5, 0.6) is 0 Å². The molecule has 2 N–H and O–H groups in total. The van der Waals surface area contributed by atoms with Crippen LogP contribution in [0.4, 0.5) is 4.79 Å². The number of carbonyl (C=O) groups is 2. The van der Waals surface area contributed by atoms with Crippen LogP contribution in [0.3, 0.4) is 0 Å². The van der Waals surface area contributed by atoms with Crippen molar-refractivity contribution in [3.63, 3.8) is 0 Å². The zero-order valence-corrected chi connectivity index (χ0v) is 14.7. The molecule has 1 rings (SSSR count). The Bertz CT molecular complexity index is 492. The van der Waals surface area contributed by atoms with Gasteiger partial charge in [-0.15, -0.1) is 0 Å². The molecule has 134 valence electrons. The summed E-state index contributed by atoms with van der Waals surface area (Å²) >= 11 is 0. The SMILES string of the molecule is CCOC(=O)NCCN/C=C(/C#N)C(=O)N(C)C1CCN(C)CC1. The number of nitrogens with zero attached hydrogens (tertiary/aromatic N) is 3. The Balaban J connectivity index is 2.42. The molecule has 1 heterocycles. The first kappa shape index (κ1) is 19.8. The molecule has 0 unspecified atom stereocenters. The molecular formula is C16H27N5O3. The van der Waals surface area contributed by atoms with Gasteiger partial charge in [-0.25, -0.2) is 4.79 Å². The van der Waals surface area contributed by atoms with Gasteiger partial charge in [0.05, 0.1) is 6.61 Å². The molecule has 1 saturated heterocycles. The minimum atomic E-state index is -0.484. The van der Waals surface area contributed by atoms with E-state index < -0.39 is 6.09 Å². The monoisotopic (exact) mass is 337 g/mol. The van der Waals surface area contributed by atoms with E-state index in [-0.39, 0.29) is 17.5 Å². The number of likely N-dealkylation sites (N-methyl/N-ethyl adjacent to an activating group) is 1. The van der Waals surface area contributed by atoms with E-state index in [1.165, 1.54) is 6.20 Å². The molecule has 8 nitrogen and oxygen atoms in total. The van der Waals surface area contributed by atoms with E-state index in [9.17, 15) is 14.9 Å². The summed E-state index contributed by atoms with van der Waals surface area (Å²) in [6.07, 6.45) is 2.74. The number of nitrogens with one attached hydrogen (secondary N) is 2. The smallest absolute Gasteiger partial charge is 0.407 e. The summed E-state index contributed by atoms with van der Waals surface area (Å²) < 4.78 is 4.73. The van der Waals surface area contributed by atoms with Crippen molar-refractivity contribution in [2.24, 2.45) is 0 Å². The van der Waals surface area contributed by atoms with Crippen LogP contribution >= 0.6 is 0 Å². The summed E-state index contributed by atoms with van der Waals surface area (Å²) in [5, 5.41) is 14.6. The van der Waals surface area contributed by atoms with Crippen LogP contribution in [0.1, 0.15) is 19.8 Å². The predicted molar refractivity (Wildman–Crippen MR) is 90.0 cm³/mol. The van der Waals surface area contributed by atoms with Crippen molar-refractivity contribution in [2.75, 3.05) is 46.9 Å². The molecule has 0 aromatic rings. The third-order valence-corrected chi connectivity index (χ3v) is 3.97. The van der Waals surface area contributed by atoms with Gasteiger partial charge in [0, 0.05) is 32.4 Å². The predicted octanol–water partition coefficient (Wildman–Crippen LogP) is 0.282. The Morgan fingerprint density at radius 2 is 2.04 bits per heavy atom. The number of piperidine rings is 1. The van der Waals surface area contributed by atoms with Crippen molar-refractivity contribution < 1.29 is 14.3 Å². The van der Waals surface area contributed by atoms with Crippen LogP contribution in [-0.2, 0) is 9.53 Å². The second-order valence-corrected chi connectivity index (χ2v) is 5.72. The maximum absolute atomic E-state index is 12.4. The first-order chi connectivity index (χ1) is 11.5. The third-order valence-electron chi connectivity index (χ3n) is 3.97. The number of amides is 2. The van der Waals surface area contributed by atoms with Crippen molar-refractivity contribution in [1.29, 1.82) is 5.26 Å². The molecule has 24 heavy (non-hydrogen) atoms. The number of hydrogen-bond acceptors (Lipinski definition) is 6. The fourth-order valence-electron chi connectivity index (χ4n) is 2.47. The summed E-state index contributed by atoms with van der Waals surface area (Å²) in [6.45, 7) is 4.68. The molecule has 0 bridgehead atoms. The van der Waals surface area contributed by atoms with Gasteiger partial charge in [-0.05, 0) is 39.9 Å². The van der Waals surface area contributed by atoms with Crippen molar-refractivity contribution in [3.8, 4) is 6.07 Å². The highest BCUT2D eigenvalue weighted by Crippen LogP contribution is 2.15. The molecule has 0 spiro atoms. The van der Waals surface area contributed by atoms with E-state index in [0.29, 0.717) is 19.7 Å². The summed E-state index contributed by atoms with van der Waals surface area (Å²) in [7, 11) is 3.80. The summed E-state index contributed by atoms with van der Waals surface area (Å²) in [5.41, 5.74) is 0.0626. The Labute approximate surface area is 143 Å². The van der Waals surface area contributed by atoms with E-state index in [4.69, 9.17) is 4.74 Å². The first-order valence-corrected chi connectivity index (χ1v) is 8.19. The fraction of sp³-hybridized carbons (Fsp3) is 0.688. The maximum Gasteiger partial charge on any atom is 0.407 e. The van der Waals surface area contributed by atoms with Gasteiger partial charge in [-0.1, -0.05) is 0 Å². The lowest BCUT2D eigenvalue weighted by Gasteiger charge is -2.34. The highest BCUT2D eigenvalue weighted by molar-refractivity contribution is 5.97. The number of nitriles is 1. The average molecular weight is 337 g/mol. The van der Waals surface area contributed by atoms with Crippen LogP contribution in [0.15, 0.2) is 11.8 Å². The highest BCUT2D eigenvalue weighted by Gasteiger charge is 2.25. The topological polar surface area (TPSA) is 97.7 Å². The molecule has 0 aliphatic carbocycles. The van der Waals surface area contributed by atoms with E-state index in [1.807, 2.05) is 6.07 Å². The van der Waals surface area contributed by atoms with E-state index in [1.54, 1.807) is 18.9 Å². The molecule has 1 fully saturated rings. The van der Waals surface area contributed by atoms with Crippen molar-refractivity contribution in [1.82, 2.24) is 20.4 Å². The minimum absolute atomic E-state index is 0.0626. The second-order valence-electron chi connectivity index (χ2n) is 5.72. The van der Waals surface area contributed by atoms with E-state index in [2.05, 4.69) is 22.6 Å². The van der Waals surface area contributed by atoms with E-state index in [0.717, 1.165) is 25.9 Å². The lowest BCUT2D eigenvalue weighted by molar-refractivity contribution is -0.128. The van der Waals surface area contributed by atoms with E-state index >= 15 is 0 Å². The normalized spacial score (nSPS) is 16.2. The summed E-state index contributed by atoms with van der Waals surface area (Å²) in [6, 6.07) is 2.10. The molecule has 0 saturated carbocycles. The van der Waals surface area contributed by atoms with Crippen LogP contribution in [0, 0.1) is 11.3 Å². The molecule has 1 aliphatic heterocycles. The Morgan fingerprint density at radius 1 is 1.38 bits per heavy atom. The standard InChI is InChI=1S/C16H27N5O3/c1-4-24-16(23)19-8-7-18-12-13(11-17)15(22)21(3)14-5-9-20(2)10-6-14/h12,14,18H,4-10H2,1-3H3,(H,19,23)/b13-12-. The Morgan fingerprint density at radius 3 is 2.62 bits per heavy atom. The van der Waals surface area contributed by atoms with Gasteiger partial charge in [-0.2, -0.15) is 5.26 Å². The van der Waals surface area contributed by atoms with Crippen LogP contribution < -0.4 is 10.6 Å².